The summed E-state index contributed by atoms with van der Waals surface area (Å²) in [5.41, 5.74) is 2.25. The first kappa shape index (κ1) is 13.4. The van der Waals surface area contributed by atoms with Crippen LogP contribution in [0.25, 0.3) is 0 Å². The number of benzene rings is 1. The molecule has 2 atom stereocenters. The van der Waals surface area contributed by atoms with Crippen LogP contribution in [-0.4, -0.2) is 19.0 Å². The van der Waals surface area contributed by atoms with Crippen molar-refractivity contribution in [3.63, 3.8) is 0 Å². The lowest BCUT2D eigenvalue weighted by molar-refractivity contribution is -0.116. The molecular formula is C17H22N2O. The fraction of sp³-hybridized carbons (Fsp3) is 0.471. The van der Waals surface area contributed by atoms with E-state index in [1.807, 2.05) is 12.1 Å². The van der Waals surface area contributed by atoms with Crippen LogP contribution in [0, 0.1) is 5.92 Å². The van der Waals surface area contributed by atoms with Crippen LogP contribution in [0.1, 0.15) is 37.2 Å². The first-order chi connectivity index (χ1) is 9.83. The Morgan fingerprint density at radius 2 is 2.10 bits per heavy atom. The van der Waals surface area contributed by atoms with Gasteiger partial charge in [0, 0.05) is 24.6 Å². The van der Waals surface area contributed by atoms with Crippen molar-refractivity contribution in [2.45, 2.75) is 31.6 Å². The van der Waals surface area contributed by atoms with E-state index >= 15 is 0 Å². The largest absolute Gasteiger partial charge is 0.326 e. The fourth-order valence-corrected chi connectivity index (χ4v) is 3.19. The Balaban J connectivity index is 1.57. The highest BCUT2D eigenvalue weighted by atomic mass is 16.1. The second kappa shape index (κ2) is 6.23. The van der Waals surface area contributed by atoms with E-state index in [9.17, 15) is 4.79 Å². The molecule has 1 heterocycles. The van der Waals surface area contributed by atoms with Gasteiger partial charge >= 0.3 is 0 Å². The third-order valence-electron chi connectivity index (χ3n) is 4.31. The van der Waals surface area contributed by atoms with Crippen LogP contribution in [0.4, 0.5) is 5.69 Å². The van der Waals surface area contributed by atoms with Gasteiger partial charge in [0.2, 0.25) is 5.91 Å². The fourth-order valence-electron chi connectivity index (χ4n) is 3.19. The Labute approximate surface area is 120 Å². The third-order valence-corrected chi connectivity index (χ3v) is 4.31. The minimum atomic E-state index is 0.135. The molecule has 0 fully saturated rings. The molecular weight excluding hydrogens is 248 g/mol. The van der Waals surface area contributed by atoms with Crippen molar-refractivity contribution in [1.82, 2.24) is 5.32 Å². The number of carbonyl (C=O) groups excluding carboxylic acids is 1. The number of hydrogen-bond acceptors (Lipinski definition) is 2. The molecule has 0 unspecified atom stereocenters. The first-order valence-electron chi connectivity index (χ1n) is 7.57. The van der Waals surface area contributed by atoms with Gasteiger partial charge in [-0.15, -0.1) is 0 Å². The van der Waals surface area contributed by atoms with E-state index in [0.717, 1.165) is 24.7 Å². The van der Waals surface area contributed by atoms with Gasteiger partial charge in [-0.3, -0.25) is 4.79 Å². The van der Waals surface area contributed by atoms with Gasteiger partial charge in [0.05, 0.1) is 0 Å². The minimum Gasteiger partial charge on any atom is -0.326 e. The zero-order valence-electron chi connectivity index (χ0n) is 11.8. The maximum atomic E-state index is 11.8. The van der Waals surface area contributed by atoms with Gasteiger partial charge in [0.1, 0.15) is 0 Å². The number of para-hydroxylation sites is 1. The minimum absolute atomic E-state index is 0.135. The molecule has 20 heavy (non-hydrogen) atoms. The van der Waals surface area contributed by atoms with Crippen LogP contribution >= 0.6 is 0 Å². The van der Waals surface area contributed by atoms with E-state index in [4.69, 9.17) is 0 Å². The van der Waals surface area contributed by atoms with Gasteiger partial charge in [-0.2, -0.15) is 0 Å². The topological polar surface area (TPSA) is 41.1 Å². The van der Waals surface area contributed by atoms with E-state index in [0.29, 0.717) is 12.3 Å². The monoisotopic (exact) mass is 270 g/mol. The van der Waals surface area contributed by atoms with Crippen LogP contribution < -0.4 is 10.6 Å². The van der Waals surface area contributed by atoms with Gasteiger partial charge in [-0.05, 0) is 43.4 Å². The first-order valence-corrected chi connectivity index (χ1v) is 7.57. The van der Waals surface area contributed by atoms with E-state index in [-0.39, 0.29) is 5.91 Å². The third kappa shape index (κ3) is 3.10. The van der Waals surface area contributed by atoms with Crippen molar-refractivity contribution in [1.29, 1.82) is 0 Å². The standard InChI is InChI=1S/C17H22N2O/c20-17-10-14(15-8-4-5-9-16(15)19-17)12-18-11-13-6-2-1-3-7-13/h1-2,4-5,8-9,13-14,18H,3,6-7,10-12H2,(H,19,20)/t13-,14+/m1/s1. The highest BCUT2D eigenvalue weighted by molar-refractivity contribution is 5.94. The summed E-state index contributed by atoms with van der Waals surface area (Å²) in [4.78, 5) is 11.8. The molecule has 2 N–H and O–H groups in total. The summed E-state index contributed by atoms with van der Waals surface area (Å²) >= 11 is 0. The van der Waals surface area contributed by atoms with Gasteiger partial charge in [-0.25, -0.2) is 0 Å². The molecule has 1 aliphatic heterocycles. The van der Waals surface area contributed by atoms with Crippen LogP contribution in [0.5, 0.6) is 0 Å². The Morgan fingerprint density at radius 1 is 1.20 bits per heavy atom. The smallest absolute Gasteiger partial charge is 0.225 e. The van der Waals surface area contributed by atoms with E-state index in [2.05, 4.69) is 34.9 Å². The van der Waals surface area contributed by atoms with Crippen molar-refractivity contribution in [3.05, 3.63) is 42.0 Å². The molecule has 1 aliphatic carbocycles. The van der Waals surface area contributed by atoms with Crippen molar-refractivity contribution in [2.24, 2.45) is 5.92 Å². The maximum absolute atomic E-state index is 11.8. The second-order valence-electron chi connectivity index (χ2n) is 5.85. The molecule has 0 bridgehead atoms. The molecule has 106 valence electrons. The van der Waals surface area contributed by atoms with E-state index < -0.39 is 0 Å². The van der Waals surface area contributed by atoms with Crippen molar-refractivity contribution in [3.8, 4) is 0 Å². The molecule has 1 aromatic carbocycles. The Hall–Kier alpha value is -1.61. The lowest BCUT2D eigenvalue weighted by atomic mass is 9.90. The molecule has 1 amide bonds. The molecule has 0 saturated carbocycles. The Morgan fingerprint density at radius 3 is 2.95 bits per heavy atom. The quantitative estimate of drug-likeness (QED) is 0.826. The number of anilines is 1. The summed E-state index contributed by atoms with van der Waals surface area (Å²) in [6.45, 7) is 1.95. The number of rotatable bonds is 4. The van der Waals surface area contributed by atoms with Crippen LogP contribution in [-0.2, 0) is 4.79 Å². The zero-order chi connectivity index (χ0) is 13.8. The predicted octanol–water partition coefficient (Wildman–Crippen LogP) is 3.06. The number of nitrogens with one attached hydrogen (secondary N) is 2. The molecule has 0 radical (unpaired) electrons. The molecule has 3 rings (SSSR count). The van der Waals surface area contributed by atoms with Gasteiger partial charge in [0.25, 0.3) is 0 Å². The maximum Gasteiger partial charge on any atom is 0.225 e. The van der Waals surface area contributed by atoms with Crippen molar-refractivity contribution in [2.75, 3.05) is 18.4 Å². The molecule has 0 saturated heterocycles. The SMILES string of the molecule is O=C1C[C@@H](CNC[C@@H]2CC=CCC2)c2ccccc2N1. The summed E-state index contributed by atoms with van der Waals surface area (Å²) in [6, 6.07) is 8.15. The van der Waals surface area contributed by atoms with Crippen molar-refractivity contribution < 1.29 is 4.79 Å². The average molecular weight is 270 g/mol. The molecule has 1 aromatic rings. The highest BCUT2D eigenvalue weighted by Gasteiger charge is 2.24. The number of fused-ring (bicyclic) bond motifs is 1. The lowest BCUT2D eigenvalue weighted by Crippen LogP contribution is -2.32. The van der Waals surface area contributed by atoms with Crippen LogP contribution in [0.3, 0.4) is 0 Å². The highest BCUT2D eigenvalue weighted by Crippen LogP contribution is 2.31. The molecule has 3 heteroatoms. The molecule has 0 aromatic heterocycles. The summed E-state index contributed by atoms with van der Waals surface area (Å²) in [5.74, 6) is 1.20. The van der Waals surface area contributed by atoms with Crippen LogP contribution in [0.2, 0.25) is 0 Å². The van der Waals surface area contributed by atoms with E-state index in [1.165, 1.54) is 24.8 Å². The summed E-state index contributed by atoms with van der Waals surface area (Å²) < 4.78 is 0. The summed E-state index contributed by atoms with van der Waals surface area (Å²) in [6.07, 6.45) is 8.84. The average Bonchev–Trinajstić information content (AvgIpc) is 2.48. The van der Waals surface area contributed by atoms with Gasteiger partial charge in [-0.1, -0.05) is 30.4 Å². The zero-order valence-corrected chi connectivity index (χ0v) is 11.8. The predicted molar refractivity (Wildman–Crippen MR) is 81.8 cm³/mol. The van der Waals surface area contributed by atoms with Crippen molar-refractivity contribution >= 4 is 11.6 Å². The van der Waals surface area contributed by atoms with Crippen LogP contribution in [0.15, 0.2) is 36.4 Å². The Kier molecular flexibility index (Phi) is 4.16. The Bertz CT molecular complexity index is 509. The lowest BCUT2D eigenvalue weighted by Gasteiger charge is -2.27. The number of hydrogen-bond donors (Lipinski definition) is 2. The molecule has 3 nitrogen and oxygen atoms in total. The van der Waals surface area contributed by atoms with E-state index in [1.54, 1.807) is 0 Å². The summed E-state index contributed by atoms with van der Waals surface area (Å²) in [7, 11) is 0. The summed E-state index contributed by atoms with van der Waals surface area (Å²) in [5, 5.41) is 6.53. The second-order valence-corrected chi connectivity index (χ2v) is 5.85. The number of amides is 1. The number of allylic oxidation sites excluding steroid dienone is 2. The van der Waals surface area contributed by atoms with Gasteiger partial charge < -0.3 is 10.6 Å². The molecule has 0 spiro atoms. The molecule has 2 aliphatic rings. The normalized spacial score (nSPS) is 25.1. The van der Waals surface area contributed by atoms with Gasteiger partial charge in [0.15, 0.2) is 0 Å². The number of carbonyl (C=O) groups is 1.